The van der Waals surface area contributed by atoms with Gasteiger partial charge in [-0.1, -0.05) is 53.5 Å². The predicted octanol–water partition coefficient (Wildman–Crippen LogP) is 6.47. The van der Waals surface area contributed by atoms with Gasteiger partial charge in [0.25, 0.3) is 5.91 Å². The van der Waals surface area contributed by atoms with Gasteiger partial charge >= 0.3 is 0 Å². The van der Waals surface area contributed by atoms with E-state index in [9.17, 15) is 9.90 Å². The summed E-state index contributed by atoms with van der Waals surface area (Å²) in [6.07, 6.45) is 0.317. The molecule has 3 rings (SSSR count). The number of azo groups is 1. The summed E-state index contributed by atoms with van der Waals surface area (Å²) in [7, 11) is 0. The average molecular weight is 449 g/mol. The first-order valence-electron chi connectivity index (χ1n) is 8.55. The summed E-state index contributed by atoms with van der Waals surface area (Å²) in [5, 5.41) is 20.0. The maximum absolute atomic E-state index is 11.9. The SMILES string of the molecule is CC(C)CC(=O)N=Nc1c(O)n(Cc2ccc(Cl)cc2)c2ccc(Br)cc12. The summed E-state index contributed by atoms with van der Waals surface area (Å²) < 4.78 is 2.59. The number of halogens is 2. The standard InChI is InChI=1S/C20H19BrClN3O2/c1-12(2)9-18(26)23-24-19-16-10-14(21)5-8-17(16)25(20(19)27)11-13-3-6-15(22)7-4-13/h3-8,10,12,27H,9,11H2,1-2H3. The maximum atomic E-state index is 11.9. The van der Waals surface area contributed by atoms with Crippen molar-refractivity contribution in [2.45, 2.75) is 26.8 Å². The fraction of sp³-hybridized carbons (Fsp3) is 0.250. The van der Waals surface area contributed by atoms with Crippen LogP contribution >= 0.6 is 27.5 Å². The van der Waals surface area contributed by atoms with Gasteiger partial charge in [-0.05, 0) is 41.8 Å². The molecule has 1 amide bonds. The smallest absolute Gasteiger partial charge is 0.265 e. The predicted molar refractivity (Wildman–Crippen MR) is 111 cm³/mol. The quantitative estimate of drug-likeness (QED) is 0.455. The fourth-order valence-corrected chi connectivity index (χ4v) is 3.31. The van der Waals surface area contributed by atoms with E-state index in [-0.39, 0.29) is 23.4 Å². The Balaban J connectivity index is 2.04. The highest BCUT2D eigenvalue weighted by atomic mass is 79.9. The first kappa shape index (κ1) is 19.6. The first-order chi connectivity index (χ1) is 12.8. The molecule has 0 atom stereocenters. The van der Waals surface area contributed by atoms with E-state index in [2.05, 4.69) is 26.2 Å². The van der Waals surface area contributed by atoms with Gasteiger partial charge < -0.3 is 9.67 Å². The number of nitrogens with zero attached hydrogens (tertiary/aromatic N) is 3. The zero-order valence-corrected chi connectivity index (χ0v) is 17.3. The molecular formula is C20H19BrClN3O2. The molecule has 1 N–H and O–H groups in total. The van der Waals surface area contributed by atoms with Gasteiger partial charge in [0.1, 0.15) is 0 Å². The van der Waals surface area contributed by atoms with Crippen LogP contribution in [0.5, 0.6) is 5.88 Å². The number of carbonyl (C=O) groups excluding carboxylic acids is 1. The van der Waals surface area contributed by atoms with Crippen LogP contribution in [0.3, 0.4) is 0 Å². The molecular weight excluding hydrogens is 430 g/mol. The molecule has 0 spiro atoms. The highest BCUT2D eigenvalue weighted by molar-refractivity contribution is 9.10. The van der Waals surface area contributed by atoms with Gasteiger partial charge in [0, 0.05) is 21.3 Å². The van der Waals surface area contributed by atoms with Crippen molar-refractivity contribution in [3.63, 3.8) is 0 Å². The molecule has 0 saturated heterocycles. The van der Waals surface area contributed by atoms with Gasteiger partial charge in [0.05, 0.1) is 12.1 Å². The van der Waals surface area contributed by atoms with E-state index in [0.717, 1.165) is 20.9 Å². The lowest BCUT2D eigenvalue weighted by Gasteiger charge is -2.07. The van der Waals surface area contributed by atoms with Gasteiger partial charge in [-0.3, -0.25) is 4.79 Å². The molecule has 1 heterocycles. The van der Waals surface area contributed by atoms with Crippen molar-refractivity contribution in [2.24, 2.45) is 16.1 Å². The van der Waals surface area contributed by atoms with Crippen molar-refractivity contribution in [3.05, 3.63) is 57.5 Å². The van der Waals surface area contributed by atoms with E-state index in [1.165, 1.54) is 0 Å². The van der Waals surface area contributed by atoms with Crippen molar-refractivity contribution >= 4 is 50.0 Å². The van der Waals surface area contributed by atoms with Crippen molar-refractivity contribution in [3.8, 4) is 5.88 Å². The zero-order chi connectivity index (χ0) is 19.6. The molecule has 3 aromatic rings. The van der Waals surface area contributed by atoms with Crippen LogP contribution in [-0.4, -0.2) is 15.6 Å². The topological polar surface area (TPSA) is 66.9 Å². The maximum Gasteiger partial charge on any atom is 0.265 e. The van der Waals surface area contributed by atoms with E-state index in [0.29, 0.717) is 18.0 Å². The number of hydrogen-bond donors (Lipinski definition) is 1. The lowest BCUT2D eigenvalue weighted by atomic mass is 10.1. The van der Waals surface area contributed by atoms with Gasteiger partial charge in [0.2, 0.25) is 5.88 Å². The van der Waals surface area contributed by atoms with Crippen molar-refractivity contribution in [1.82, 2.24) is 4.57 Å². The summed E-state index contributed by atoms with van der Waals surface area (Å²) in [4.78, 5) is 11.9. The van der Waals surface area contributed by atoms with Crippen LogP contribution in [0.1, 0.15) is 25.8 Å². The highest BCUT2D eigenvalue weighted by Gasteiger charge is 2.18. The Morgan fingerprint density at radius 3 is 2.59 bits per heavy atom. The summed E-state index contributed by atoms with van der Waals surface area (Å²) in [5.41, 5.74) is 2.07. The lowest BCUT2D eigenvalue weighted by Crippen LogP contribution is -1.98. The number of rotatable bonds is 5. The number of aromatic hydroxyl groups is 1. The second-order valence-corrected chi connectivity index (χ2v) is 8.09. The van der Waals surface area contributed by atoms with Crippen LogP contribution in [0.4, 0.5) is 5.69 Å². The van der Waals surface area contributed by atoms with E-state index in [1.807, 2.05) is 44.2 Å². The van der Waals surface area contributed by atoms with Gasteiger partial charge in [0.15, 0.2) is 5.69 Å². The van der Waals surface area contributed by atoms with Crippen LogP contribution in [0.15, 0.2) is 57.2 Å². The molecule has 0 aliphatic heterocycles. The highest BCUT2D eigenvalue weighted by Crippen LogP contribution is 2.40. The molecule has 7 heteroatoms. The number of benzene rings is 2. The van der Waals surface area contributed by atoms with Crippen molar-refractivity contribution in [2.75, 3.05) is 0 Å². The Bertz CT molecular complexity index is 1010. The van der Waals surface area contributed by atoms with Crippen molar-refractivity contribution in [1.29, 1.82) is 0 Å². The number of aromatic nitrogens is 1. The molecule has 0 bridgehead atoms. The van der Waals surface area contributed by atoms with Crippen LogP contribution in [0, 0.1) is 5.92 Å². The minimum absolute atomic E-state index is 0.0286. The third kappa shape index (κ3) is 4.57. The Morgan fingerprint density at radius 1 is 1.22 bits per heavy atom. The second-order valence-electron chi connectivity index (χ2n) is 6.74. The Labute approximate surface area is 170 Å². The fourth-order valence-electron chi connectivity index (χ4n) is 2.82. The third-order valence-electron chi connectivity index (χ3n) is 4.07. The molecule has 0 aliphatic rings. The minimum Gasteiger partial charge on any atom is -0.493 e. The van der Waals surface area contributed by atoms with E-state index in [4.69, 9.17) is 11.6 Å². The zero-order valence-electron chi connectivity index (χ0n) is 15.0. The molecule has 0 fully saturated rings. The minimum atomic E-state index is -0.307. The van der Waals surface area contributed by atoms with Crippen LogP contribution in [0.2, 0.25) is 5.02 Å². The molecule has 2 aromatic carbocycles. The van der Waals surface area contributed by atoms with Crippen molar-refractivity contribution < 1.29 is 9.90 Å². The van der Waals surface area contributed by atoms with Gasteiger partial charge in [-0.15, -0.1) is 10.2 Å². The molecule has 27 heavy (non-hydrogen) atoms. The van der Waals surface area contributed by atoms with Crippen LogP contribution in [-0.2, 0) is 11.3 Å². The molecule has 1 aromatic heterocycles. The Kier molecular flexibility index (Phi) is 5.97. The molecule has 140 valence electrons. The Hall–Kier alpha value is -2.18. The molecule has 0 aliphatic carbocycles. The number of amides is 1. The molecule has 5 nitrogen and oxygen atoms in total. The van der Waals surface area contributed by atoms with E-state index < -0.39 is 0 Å². The average Bonchev–Trinajstić information content (AvgIpc) is 2.85. The number of carbonyl (C=O) groups is 1. The summed E-state index contributed by atoms with van der Waals surface area (Å²) >= 11 is 9.39. The molecule has 0 unspecified atom stereocenters. The summed E-state index contributed by atoms with van der Waals surface area (Å²) in [6, 6.07) is 13.1. The van der Waals surface area contributed by atoms with E-state index >= 15 is 0 Å². The third-order valence-corrected chi connectivity index (χ3v) is 4.82. The largest absolute Gasteiger partial charge is 0.493 e. The number of hydrogen-bond acceptors (Lipinski definition) is 3. The van der Waals surface area contributed by atoms with Gasteiger partial charge in [-0.25, -0.2) is 0 Å². The molecule has 0 radical (unpaired) electrons. The van der Waals surface area contributed by atoms with Gasteiger partial charge in [-0.2, -0.15) is 0 Å². The van der Waals surface area contributed by atoms with Crippen LogP contribution in [0.25, 0.3) is 10.9 Å². The normalized spacial score (nSPS) is 11.7. The van der Waals surface area contributed by atoms with Crippen LogP contribution < -0.4 is 0 Å². The molecule has 0 saturated carbocycles. The second kappa shape index (κ2) is 8.23. The van der Waals surface area contributed by atoms with E-state index in [1.54, 1.807) is 16.7 Å². The summed E-state index contributed by atoms with van der Waals surface area (Å²) in [6.45, 7) is 4.33. The first-order valence-corrected chi connectivity index (χ1v) is 9.72. The monoisotopic (exact) mass is 447 g/mol. The Morgan fingerprint density at radius 2 is 1.93 bits per heavy atom. The summed E-state index contributed by atoms with van der Waals surface area (Å²) in [5.74, 6) is -0.136. The lowest BCUT2D eigenvalue weighted by molar-refractivity contribution is -0.118. The number of fused-ring (bicyclic) bond motifs is 1.